The molecule has 0 atom stereocenters. The highest BCUT2D eigenvalue weighted by Gasteiger charge is 2.31. The lowest BCUT2D eigenvalue weighted by molar-refractivity contribution is -0.274. The second-order valence-corrected chi connectivity index (χ2v) is 5.81. The minimum atomic E-state index is -4.73. The monoisotopic (exact) mass is 369 g/mol. The topological polar surface area (TPSA) is 36.5 Å². The number of anilines is 2. The molecule has 0 fully saturated rings. The van der Waals surface area contributed by atoms with Crippen molar-refractivity contribution in [3.8, 4) is 5.75 Å². The molecule has 4 nitrogen and oxygen atoms in total. The van der Waals surface area contributed by atoms with Gasteiger partial charge in [-0.25, -0.2) is 0 Å². The zero-order valence-electron chi connectivity index (χ0n) is 13.7. The van der Waals surface area contributed by atoms with Crippen molar-refractivity contribution in [3.63, 3.8) is 0 Å². The predicted molar refractivity (Wildman–Crippen MR) is 97.0 cm³/mol. The van der Waals surface area contributed by atoms with Gasteiger partial charge in [0.05, 0.1) is 0 Å². The van der Waals surface area contributed by atoms with Gasteiger partial charge in [-0.1, -0.05) is 18.2 Å². The van der Waals surface area contributed by atoms with Crippen LogP contribution in [0.2, 0.25) is 0 Å². The van der Waals surface area contributed by atoms with E-state index in [1.807, 2.05) is 43.3 Å². The molecular weight excluding hydrogens is 351 g/mol. The molecule has 2 N–H and O–H groups in total. The number of ether oxygens (including phenoxy) is 1. The fraction of sp³-hybridized carbons (Fsp3) is 0.235. The van der Waals surface area contributed by atoms with Crippen LogP contribution in [0.3, 0.4) is 0 Å². The highest BCUT2D eigenvalue weighted by Crippen LogP contribution is 2.26. The van der Waals surface area contributed by atoms with Gasteiger partial charge in [0.15, 0.2) is 5.11 Å². The van der Waals surface area contributed by atoms with E-state index in [2.05, 4.69) is 15.4 Å². The van der Waals surface area contributed by atoms with Crippen molar-refractivity contribution in [2.75, 3.05) is 24.3 Å². The maximum atomic E-state index is 12.4. The van der Waals surface area contributed by atoms with Crippen molar-refractivity contribution in [3.05, 3.63) is 54.1 Å². The van der Waals surface area contributed by atoms with E-state index in [0.717, 1.165) is 11.4 Å². The molecule has 0 heterocycles. The molecule has 134 valence electrons. The average Bonchev–Trinajstić information content (AvgIpc) is 2.53. The van der Waals surface area contributed by atoms with Gasteiger partial charge in [-0.15, -0.1) is 13.2 Å². The Morgan fingerprint density at radius 1 is 1.08 bits per heavy atom. The standard InChI is InChI=1S/C17H18F3N3OS/c1-23(2)14-9-7-13(8-10-14)22-16(25)21-11-12-5-3-4-6-15(12)24-17(18,19)20/h3-10H,11H2,1-2H3,(H2,21,22,25). The lowest BCUT2D eigenvalue weighted by Crippen LogP contribution is -2.28. The third-order valence-electron chi connectivity index (χ3n) is 3.28. The van der Waals surface area contributed by atoms with Crippen molar-refractivity contribution in [1.82, 2.24) is 5.32 Å². The Labute approximate surface area is 149 Å². The fourth-order valence-corrected chi connectivity index (χ4v) is 2.26. The first kappa shape index (κ1) is 18.9. The summed E-state index contributed by atoms with van der Waals surface area (Å²) in [6.45, 7) is 0.105. The van der Waals surface area contributed by atoms with Crippen molar-refractivity contribution in [2.24, 2.45) is 0 Å². The van der Waals surface area contributed by atoms with Gasteiger partial charge in [-0.05, 0) is 42.5 Å². The van der Waals surface area contributed by atoms with E-state index < -0.39 is 6.36 Å². The maximum absolute atomic E-state index is 12.4. The molecule has 25 heavy (non-hydrogen) atoms. The Balaban J connectivity index is 1.94. The molecule has 8 heteroatoms. The number of hydrogen-bond acceptors (Lipinski definition) is 3. The molecule has 0 aliphatic rings. The summed E-state index contributed by atoms with van der Waals surface area (Å²) in [6, 6.07) is 13.5. The van der Waals surface area contributed by atoms with Gasteiger partial charge in [-0.3, -0.25) is 0 Å². The van der Waals surface area contributed by atoms with Crippen LogP contribution >= 0.6 is 12.2 Å². The van der Waals surface area contributed by atoms with Crippen molar-refractivity contribution in [1.29, 1.82) is 0 Å². The number of nitrogens with zero attached hydrogens (tertiary/aromatic N) is 1. The van der Waals surface area contributed by atoms with Gasteiger partial charge in [0.2, 0.25) is 0 Å². The minimum Gasteiger partial charge on any atom is -0.405 e. The van der Waals surface area contributed by atoms with Crippen LogP contribution in [0, 0.1) is 0 Å². The molecule has 2 aromatic carbocycles. The summed E-state index contributed by atoms with van der Waals surface area (Å²) in [4.78, 5) is 1.97. The third kappa shape index (κ3) is 6.15. The van der Waals surface area contributed by atoms with Crippen LogP contribution in [0.5, 0.6) is 5.75 Å². The Hall–Kier alpha value is -2.48. The van der Waals surface area contributed by atoms with Gasteiger partial charge in [0, 0.05) is 37.6 Å². The first-order valence-electron chi connectivity index (χ1n) is 7.40. The zero-order valence-corrected chi connectivity index (χ0v) is 14.5. The lowest BCUT2D eigenvalue weighted by atomic mass is 10.2. The van der Waals surface area contributed by atoms with Crippen LogP contribution in [0.25, 0.3) is 0 Å². The molecule has 0 bridgehead atoms. The fourth-order valence-electron chi connectivity index (χ4n) is 2.07. The molecule has 0 radical (unpaired) electrons. The highest BCUT2D eigenvalue weighted by atomic mass is 32.1. The van der Waals surface area contributed by atoms with Gasteiger partial charge < -0.3 is 20.3 Å². The maximum Gasteiger partial charge on any atom is 0.573 e. The summed E-state index contributed by atoms with van der Waals surface area (Å²) in [5, 5.41) is 6.16. The summed E-state index contributed by atoms with van der Waals surface area (Å²) in [5.41, 5.74) is 2.18. The quantitative estimate of drug-likeness (QED) is 0.775. The molecule has 0 saturated carbocycles. The molecule has 0 saturated heterocycles. The van der Waals surface area contributed by atoms with E-state index in [9.17, 15) is 13.2 Å². The van der Waals surface area contributed by atoms with E-state index in [4.69, 9.17) is 12.2 Å². The molecule has 0 unspecified atom stereocenters. The first-order chi connectivity index (χ1) is 11.7. The Bertz CT molecular complexity index is 718. The van der Waals surface area contributed by atoms with Gasteiger partial charge in [-0.2, -0.15) is 0 Å². The number of rotatable bonds is 5. The Kier molecular flexibility index (Phi) is 6.08. The van der Waals surface area contributed by atoms with Gasteiger partial charge >= 0.3 is 6.36 Å². The number of benzene rings is 2. The second kappa shape index (κ2) is 8.06. The third-order valence-corrected chi connectivity index (χ3v) is 3.53. The lowest BCUT2D eigenvalue weighted by Gasteiger charge is -2.16. The van der Waals surface area contributed by atoms with Crippen LogP contribution in [0.15, 0.2) is 48.5 Å². The number of thiocarbonyl (C=S) groups is 1. The minimum absolute atomic E-state index is 0.105. The van der Waals surface area contributed by atoms with Crippen LogP contribution in [0.1, 0.15) is 5.56 Å². The Morgan fingerprint density at radius 3 is 2.32 bits per heavy atom. The van der Waals surface area contributed by atoms with Crippen molar-refractivity contribution in [2.45, 2.75) is 12.9 Å². The van der Waals surface area contributed by atoms with Gasteiger partial charge in [0.1, 0.15) is 5.75 Å². The second-order valence-electron chi connectivity index (χ2n) is 5.40. The van der Waals surface area contributed by atoms with E-state index in [-0.39, 0.29) is 12.3 Å². The largest absolute Gasteiger partial charge is 0.573 e. The normalized spacial score (nSPS) is 10.9. The zero-order chi connectivity index (χ0) is 18.4. The molecule has 0 amide bonds. The molecular formula is C17H18F3N3OS. The van der Waals surface area contributed by atoms with Gasteiger partial charge in [0.25, 0.3) is 0 Å². The molecule has 0 aromatic heterocycles. The number of para-hydroxylation sites is 1. The van der Waals surface area contributed by atoms with E-state index in [0.29, 0.717) is 10.7 Å². The van der Waals surface area contributed by atoms with E-state index >= 15 is 0 Å². The van der Waals surface area contributed by atoms with Crippen LogP contribution in [-0.2, 0) is 6.54 Å². The van der Waals surface area contributed by atoms with Crippen molar-refractivity contribution >= 4 is 28.7 Å². The first-order valence-corrected chi connectivity index (χ1v) is 7.81. The number of hydrogen-bond donors (Lipinski definition) is 2. The summed E-state index contributed by atoms with van der Waals surface area (Å²) in [5.74, 6) is -0.249. The average molecular weight is 369 g/mol. The van der Waals surface area contributed by atoms with Crippen LogP contribution < -0.4 is 20.3 Å². The smallest absolute Gasteiger partial charge is 0.405 e. The SMILES string of the molecule is CN(C)c1ccc(NC(=S)NCc2ccccc2OC(F)(F)F)cc1. The van der Waals surface area contributed by atoms with Crippen LogP contribution in [0.4, 0.5) is 24.5 Å². The number of alkyl halides is 3. The number of halogens is 3. The summed E-state index contributed by atoms with van der Waals surface area (Å²) in [7, 11) is 3.88. The number of nitrogens with one attached hydrogen (secondary N) is 2. The molecule has 0 spiro atoms. The highest BCUT2D eigenvalue weighted by molar-refractivity contribution is 7.80. The molecule has 2 rings (SSSR count). The van der Waals surface area contributed by atoms with E-state index in [1.54, 1.807) is 12.1 Å². The van der Waals surface area contributed by atoms with E-state index in [1.165, 1.54) is 12.1 Å². The summed E-state index contributed by atoms with van der Waals surface area (Å²) < 4.78 is 41.2. The summed E-state index contributed by atoms with van der Waals surface area (Å²) in [6.07, 6.45) is -4.73. The molecule has 0 aliphatic carbocycles. The molecule has 2 aromatic rings. The molecule has 0 aliphatic heterocycles. The summed E-state index contributed by atoms with van der Waals surface area (Å²) >= 11 is 5.18. The Morgan fingerprint density at radius 2 is 1.72 bits per heavy atom. The predicted octanol–water partition coefficient (Wildman–Crippen LogP) is 4.14. The van der Waals surface area contributed by atoms with Crippen LogP contribution in [-0.4, -0.2) is 25.6 Å². The van der Waals surface area contributed by atoms with Crippen molar-refractivity contribution < 1.29 is 17.9 Å².